The van der Waals surface area contributed by atoms with Crippen LogP contribution in [0.15, 0.2) is 0 Å². The standard InChI is InChI=1S/B.Li.2H2O/h;;2*1H2. The summed E-state index contributed by atoms with van der Waals surface area (Å²) in [6, 6.07) is 0. The van der Waals surface area contributed by atoms with E-state index in [1.807, 2.05) is 0 Å². The first-order valence-electron chi connectivity index (χ1n) is 0. The Kier molecular flexibility index (Phi) is 3050. The molecule has 0 unspecified atom stereocenters. The second-order valence-corrected chi connectivity index (χ2v) is 0. The predicted molar refractivity (Wildman–Crippen MR) is 18.7 cm³/mol. The normalized spacial score (nSPS) is 0. The van der Waals surface area contributed by atoms with Crippen LogP contribution in [0.1, 0.15) is 0 Å². The Morgan fingerprint density at radius 2 is 0.750 bits per heavy atom. The Balaban J connectivity index is 0. The van der Waals surface area contributed by atoms with E-state index in [0.29, 0.717) is 0 Å². The van der Waals surface area contributed by atoms with E-state index in [0.717, 1.165) is 0 Å². The van der Waals surface area contributed by atoms with Crippen molar-refractivity contribution in [2.45, 2.75) is 0 Å². The molecule has 20 valence electrons. The molecule has 0 saturated carbocycles. The van der Waals surface area contributed by atoms with Gasteiger partial charge in [-0.15, -0.1) is 0 Å². The smallest absolute Gasteiger partial charge is 0 e. The molecule has 4 heteroatoms. The summed E-state index contributed by atoms with van der Waals surface area (Å²) in [5, 5.41) is 0. The third-order valence-corrected chi connectivity index (χ3v) is 0. The summed E-state index contributed by atoms with van der Waals surface area (Å²) >= 11 is 0. The maximum Gasteiger partial charge on any atom is 0 e. The number of hydrogen-bond acceptors (Lipinski definition) is 0. The molecule has 0 aromatic carbocycles. The second-order valence-electron chi connectivity index (χ2n) is 0. The van der Waals surface area contributed by atoms with Crippen LogP contribution in [-0.4, -0.2) is 38.2 Å². The Morgan fingerprint density at radius 1 is 0.750 bits per heavy atom. The molecule has 0 fully saturated rings. The van der Waals surface area contributed by atoms with Gasteiger partial charge in [-0.2, -0.15) is 0 Å². The largest absolute Gasteiger partial charge is 0.412 e. The molecule has 4 heavy (non-hydrogen) atoms. The molecule has 4 N–H and O–H groups in total. The van der Waals surface area contributed by atoms with Crippen molar-refractivity contribution in [1.82, 2.24) is 0 Å². The van der Waals surface area contributed by atoms with Crippen LogP contribution in [-0.2, 0) is 0 Å². The zero-order valence-corrected chi connectivity index (χ0v) is 2.58. The van der Waals surface area contributed by atoms with Gasteiger partial charge < -0.3 is 11.0 Å². The second kappa shape index (κ2) is 70.4. The summed E-state index contributed by atoms with van der Waals surface area (Å²) < 4.78 is 0. The Hall–Kier alpha value is 0.582. The van der Waals surface area contributed by atoms with Crippen LogP contribution >= 0.6 is 0 Å². The molecule has 0 bridgehead atoms. The monoisotopic (exact) mass is 54.0 g/mol. The molecule has 0 aliphatic heterocycles. The van der Waals surface area contributed by atoms with E-state index in [-0.39, 0.29) is 38.2 Å². The topological polar surface area (TPSA) is 63.0 Å². The maximum absolute atomic E-state index is 0. The minimum atomic E-state index is 0. The van der Waals surface area contributed by atoms with Crippen molar-refractivity contribution in [2.24, 2.45) is 0 Å². The van der Waals surface area contributed by atoms with Gasteiger partial charge in [0.1, 0.15) is 0 Å². The third-order valence-electron chi connectivity index (χ3n) is 0. The molecule has 0 amide bonds. The van der Waals surface area contributed by atoms with Gasteiger partial charge in [-0.3, -0.25) is 0 Å². The molecule has 0 aromatic rings. The number of hydrogen-bond donors (Lipinski definition) is 0. The van der Waals surface area contributed by atoms with E-state index >= 15 is 0 Å². The third kappa shape index (κ3) is 19.1. The van der Waals surface area contributed by atoms with Gasteiger partial charge in [0.25, 0.3) is 0 Å². The molecule has 0 aliphatic carbocycles. The molecular weight excluding hydrogens is 49.8 g/mol. The van der Waals surface area contributed by atoms with Crippen molar-refractivity contribution in [1.29, 1.82) is 0 Å². The molecule has 4 radical (unpaired) electrons. The van der Waals surface area contributed by atoms with Crippen LogP contribution in [0.25, 0.3) is 0 Å². The van der Waals surface area contributed by atoms with Gasteiger partial charge in [-0.25, -0.2) is 0 Å². The average molecular weight is 53.8 g/mol. The van der Waals surface area contributed by atoms with E-state index in [1.165, 1.54) is 0 Å². The fraction of sp³-hybridized carbons (Fsp3) is 0. The minimum absolute atomic E-state index is 0. The fourth-order valence-electron chi connectivity index (χ4n) is 0. The average Bonchev–Trinajstić information content (AvgIpc) is 0. The predicted octanol–water partition coefficient (Wildman–Crippen LogP) is -2.41. The van der Waals surface area contributed by atoms with Crippen molar-refractivity contribution in [3.63, 3.8) is 0 Å². The van der Waals surface area contributed by atoms with Gasteiger partial charge in [0, 0.05) is 27.3 Å². The van der Waals surface area contributed by atoms with Crippen LogP contribution in [0, 0.1) is 0 Å². The Bertz CT molecular complexity index is 6.00. The molecule has 0 aliphatic rings. The van der Waals surface area contributed by atoms with Crippen molar-refractivity contribution in [3.05, 3.63) is 0 Å². The molecule has 0 aromatic heterocycles. The van der Waals surface area contributed by atoms with Crippen molar-refractivity contribution in [2.75, 3.05) is 0 Å². The summed E-state index contributed by atoms with van der Waals surface area (Å²) in [7, 11) is 0. The van der Waals surface area contributed by atoms with E-state index in [2.05, 4.69) is 0 Å². The van der Waals surface area contributed by atoms with Crippen LogP contribution in [0.2, 0.25) is 0 Å². The molecule has 0 atom stereocenters. The van der Waals surface area contributed by atoms with Crippen molar-refractivity contribution >= 4 is 27.3 Å². The zero-order chi connectivity index (χ0) is 0. The first kappa shape index (κ1) is 173. The van der Waals surface area contributed by atoms with Crippen molar-refractivity contribution in [3.8, 4) is 0 Å². The van der Waals surface area contributed by atoms with Crippen LogP contribution < -0.4 is 0 Å². The van der Waals surface area contributed by atoms with Gasteiger partial charge in [0.15, 0.2) is 0 Å². The Morgan fingerprint density at radius 3 is 0.750 bits per heavy atom. The first-order chi connectivity index (χ1) is 0. The molecule has 0 saturated heterocycles. The summed E-state index contributed by atoms with van der Waals surface area (Å²) in [5.74, 6) is 0. The van der Waals surface area contributed by atoms with Gasteiger partial charge in [0.05, 0.1) is 0 Å². The fourth-order valence-corrected chi connectivity index (χ4v) is 0. The molecule has 0 spiro atoms. The van der Waals surface area contributed by atoms with Gasteiger partial charge in [0.2, 0.25) is 0 Å². The van der Waals surface area contributed by atoms with E-state index in [9.17, 15) is 0 Å². The van der Waals surface area contributed by atoms with Crippen LogP contribution in [0.4, 0.5) is 0 Å². The quantitative estimate of drug-likeness (QED) is 0.276. The minimum Gasteiger partial charge on any atom is -0.412 e. The molecular formula is H4BLiO2. The molecule has 0 heterocycles. The van der Waals surface area contributed by atoms with Gasteiger partial charge >= 0.3 is 0 Å². The Labute approximate surface area is 38.9 Å². The van der Waals surface area contributed by atoms with E-state index in [1.54, 1.807) is 0 Å². The van der Waals surface area contributed by atoms with Crippen molar-refractivity contribution < 1.29 is 11.0 Å². The number of rotatable bonds is 0. The zero-order valence-electron chi connectivity index (χ0n) is 2.58. The van der Waals surface area contributed by atoms with Gasteiger partial charge in [-0.05, 0) is 0 Å². The summed E-state index contributed by atoms with van der Waals surface area (Å²) in [6.45, 7) is 0. The van der Waals surface area contributed by atoms with Crippen LogP contribution in [0.3, 0.4) is 0 Å². The van der Waals surface area contributed by atoms with E-state index < -0.39 is 0 Å². The molecule has 0 rings (SSSR count). The summed E-state index contributed by atoms with van der Waals surface area (Å²) in [4.78, 5) is 0. The van der Waals surface area contributed by atoms with Gasteiger partial charge in [-0.1, -0.05) is 0 Å². The van der Waals surface area contributed by atoms with E-state index in [4.69, 9.17) is 0 Å². The first-order valence-corrected chi connectivity index (χ1v) is 0. The SMILES string of the molecule is O.O.[B].[Li]. The summed E-state index contributed by atoms with van der Waals surface area (Å²) in [5.41, 5.74) is 0. The molecule has 2 nitrogen and oxygen atoms in total. The summed E-state index contributed by atoms with van der Waals surface area (Å²) in [6.07, 6.45) is 0. The maximum atomic E-state index is 0. The van der Waals surface area contributed by atoms with Crippen LogP contribution in [0.5, 0.6) is 0 Å².